The van der Waals surface area contributed by atoms with Crippen molar-refractivity contribution < 1.29 is 9.18 Å². The van der Waals surface area contributed by atoms with Crippen LogP contribution in [0.1, 0.15) is 12.0 Å². The van der Waals surface area contributed by atoms with Crippen LogP contribution in [0.2, 0.25) is 0 Å². The molecule has 0 spiro atoms. The van der Waals surface area contributed by atoms with Crippen LogP contribution in [0.25, 0.3) is 0 Å². The van der Waals surface area contributed by atoms with Crippen molar-refractivity contribution >= 4 is 28.9 Å². The number of halogens is 2. The molecular weight excluding hydrogens is 243 g/mol. The minimum atomic E-state index is -0.926. The first-order valence-electron chi connectivity index (χ1n) is 5.59. The van der Waals surface area contributed by atoms with Crippen LogP contribution in [0.5, 0.6) is 0 Å². The van der Waals surface area contributed by atoms with Crippen LogP contribution < -0.4 is 10.2 Å². The highest BCUT2D eigenvalue weighted by Crippen LogP contribution is 2.38. The number of alkyl halides is 2. The van der Waals surface area contributed by atoms with E-state index in [0.29, 0.717) is 12.4 Å². The van der Waals surface area contributed by atoms with Crippen molar-refractivity contribution in [2.45, 2.75) is 24.5 Å². The Morgan fingerprint density at radius 1 is 1.53 bits per heavy atom. The molecule has 3 nitrogen and oxygen atoms in total. The summed E-state index contributed by atoms with van der Waals surface area (Å²) in [7, 11) is 0. The molecule has 0 saturated carbocycles. The molecule has 0 aliphatic carbocycles. The summed E-state index contributed by atoms with van der Waals surface area (Å²) in [6.07, 6.45) is -0.646. The molecule has 1 fully saturated rings. The first-order valence-corrected chi connectivity index (χ1v) is 6.13. The third-order valence-corrected chi connectivity index (χ3v) is 3.64. The number of anilines is 2. The Bertz CT molecular complexity index is 480. The molecule has 1 saturated heterocycles. The van der Waals surface area contributed by atoms with Gasteiger partial charge >= 0.3 is 0 Å². The van der Waals surface area contributed by atoms with E-state index in [1.165, 1.54) is 0 Å². The number of carbonyl (C=O) groups is 1. The predicted molar refractivity (Wildman–Crippen MR) is 65.3 cm³/mol. The zero-order valence-electron chi connectivity index (χ0n) is 9.12. The molecule has 2 aliphatic heterocycles. The van der Waals surface area contributed by atoms with Crippen molar-refractivity contribution in [2.24, 2.45) is 0 Å². The Hall–Kier alpha value is -1.29. The number of hydrogen-bond donors (Lipinski definition) is 1. The van der Waals surface area contributed by atoms with Gasteiger partial charge in [-0.2, -0.15) is 0 Å². The second-order valence-corrected chi connectivity index (χ2v) is 4.74. The highest BCUT2D eigenvalue weighted by Gasteiger charge is 2.41. The Morgan fingerprint density at radius 2 is 2.35 bits per heavy atom. The third kappa shape index (κ3) is 1.67. The van der Waals surface area contributed by atoms with E-state index in [0.717, 1.165) is 16.9 Å². The van der Waals surface area contributed by atoms with Crippen LogP contribution in [0.4, 0.5) is 15.8 Å². The fourth-order valence-electron chi connectivity index (χ4n) is 2.53. The topological polar surface area (TPSA) is 32.3 Å². The molecule has 3 rings (SSSR count). The molecular formula is C12H12ClFN2O. The summed E-state index contributed by atoms with van der Waals surface area (Å²) in [6, 6.07) is 5.30. The largest absolute Gasteiger partial charge is 0.355 e. The highest BCUT2D eigenvalue weighted by atomic mass is 35.5. The average molecular weight is 255 g/mol. The van der Waals surface area contributed by atoms with Gasteiger partial charge in [-0.05, 0) is 17.7 Å². The molecule has 1 aromatic rings. The minimum absolute atomic E-state index is 0.121. The summed E-state index contributed by atoms with van der Waals surface area (Å²) in [5.74, 6) is 0.280. The Labute approximate surface area is 104 Å². The molecule has 0 radical (unpaired) electrons. The van der Waals surface area contributed by atoms with Crippen LogP contribution in [0, 0.1) is 0 Å². The van der Waals surface area contributed by atoms with Gasteiger partial charge in [0.15, 0.2) is 0 Å². The highest BCUT2D eigenvalue weighted by molar-refractivity contribution is 6.17. The van der Waals surface area contributed by atoms with Crippen LogP contribution in [-0.2, 0) is 10.7 Å². The zero-order valence-corrected chi connectivity index (χ0v) is 9.88. The van der Waals surface area contributed by atoms with E-state index in [2.05, 4.69) is 5.32 Å². The maximum Gasteiger partial charge on any atom is 0.247 e. The van der Waals surface area contributed by atoms with E-state index < -0.39 is 6.17 Å². The Balaban J connectivity index is 2.04. The average Bonchev–Trinajstić information content (AvgIpc) is 2.71. The van der Waals surface area contributed by atoms with Crippen molar-refractivity contribution in [3.05, 3.63) is 23.8 Å². The maximum absolute atomic E-state index is 13.4. The second kappa shape index (κ2) is 3.88. The lowest BCUT2D eigenvalue weighted by Crippen LogP contribution is -2.43. The number of hydrogen-bond acceptors (Lipinski definition) is 2. The summed E-state index contributed by atoms with van der Waals surface area (Å²) in [5, 5.41) is 2.82. The predicted octanol–water partition coefficient (Wildman–Crippen LogP) is 2.29. The van der Waals surface area contributed by atoms with Crippen molar-refractivity contribution in [3.63, 3.8) is 0 Å². The van der Waals surface area contributed by atoms with Gasteiger partial charge in [-0.25, -0.2) is 4.39 Å². The normalized spacial score (nSPS) is 26.5. The molecule has 1 amide bonds. The number of rotatable bonds is 1. The van der Waals surface area contributed by atoms with Gasteiger partial charge in [0.25, 0.3) is 0 Å². The van der Waals surface area contributed by atoms with Crippen molar-refractivity contribution in [1.29, 1.82) is 0 Å². The molecule has 0 unspecified atom stereocenters. The standard InChI is InChI=1S/C12H12ClFN2O/c13-5-7-1-2-10-9(3-7)15-12(17)11-4-8(14)6-16(10)11/h1-3,8,11H,4-6H2,(H,15,17)/t8-,11-/m0/s1. The number of amides is 1. The first kappa shape index (κ1) is 10.8. The van der Waals surface area contributed by atoms with E-state index >= 15 is 0 Å². The summed E-state index contributed by atoms with van der Waals surface area (Å²) in [6.45, 7) is 0.297. The lowest BCUT2D eigenvalue weighted by atomic mass is 10.1. The summed E-state index contributed by atoms with van der Waals surface area (Å²) < 4.78 is 13.4. The minimum Gasteiger partial charge on any atom is -0.355 e. The van der Waals surface area contributed by atoms with Gasteiger partial charge in [-0.1, -0.05) is 6.07 Å². The van der Waals surface area contributed by atoms with E-state index in [1.54, 1.807) is 0 Å². The van der Waals surface area contributed by atoms with Gasteiger partial charge in [0.05, 0.1) is 17.9 Å². The molecule has 5 heteroatoms. The van der Waals surface area contributed by atoms with Crippen molar-refractivity contribution in [2.75, 3.05) is 16.8 Å². The lowest BCUT2D eigenvalue weighted by Gasteiger charge is -2.32. The molecule has 1 aromatic carbocycles. The Kier molecular flexibility index (Phi) is 2.47. The Morgan fingerprint density at radius 3 is 3.12 bits per heavy atom. The van der Waals surface area contributed by atoms with Gasteiger partial charge in [0.2, 0.25) is 5.91 Å². The molecule has 0 aromatic heterocycles. The summed E-state index contributed by atoms with van der Waals surface area (Å²) >= 11 is 5.75. The monoisotopic (exact) mass is 254 g/mol. The molecule has 2 aliphatic rings. The smallest absolute Gasteiger partial charge is 0.247 e. The van der Waals surface area contributed by atoms with E-state index in [4.69, 9.17) is 11.6 Å². The van der Waals surface area contributed by atoms with Gasteiger partial charge < -0.3 is 10.2 Å². The van der Waals surface area contributed by atoms with Gasteiger partial charge in [-0.15, -0.1) is 11.6 Å². The number of nitrogens with one attached hydrogen (secondary N) is 1. The van der Waals surface area contributed by atoms with Crippen LogP contribution >= 0.6 is 11.6 Å². The fraction of sp³-hybridized carbons (Fsp3) is 0.417. The first-order chi connectivity index (χ1) is 8.19. The third-order valence-electron chi connectivity index (χ3n) is 3.34. The maximum atomic E-state index is 13.4. The van der Waals surface area contributed by atoms with Crippen molar-refractivity contribution in [3.8, 4) is 0 Å². The lowest BCUT2D eigenvalue weighted by molar-refractivity contribution is -0.117. The molecule has 1 N–H and O–H groups in total. The van der Waals surface area contributed by atoms with E-state index in [-0.39, 0.29) is 18.4 Å². The zero-order chi connectivity index (χ0) is 12.0. The molecule has 2 atom stereocenters. The summed E-state index contributed by atoms with van der Waals surface area (Å²) in [5.41, 5.74) is 2.57. The number of benzene rings is 1. The van der Waals surface area contributed by atoms with Crippen LogP contribution in [0.3, 0.4) is 0 Å². The second-order valence-electron chi connectivity index (χ2n) is 4.48. The van der Waals surface area contributed by atoms with Gasteiger partial charge in [0.1, 0.15) is 12.2 Å². The van der Waals surface area contributed by atoms with E-state index in [1.807, 2.05) is 23.1 Å². The number of fused-ring (bicyclic) bond motifs is 3. The molecule has 0 bridgehead atoms. The number of carbonyl (C=O) groups excluding carboxylic acids is 1. The molecule has 2 heterocycles. The SMILES string of the molecule is O=C1Nc2cc(CCl)ccc2N2C[C@@H](F)C[C@@H]12. The van der Waals surface area contributed by atoms with E-state index in [9.17, 15) is 9.18 Å². The van der Waals surface area contributed by atoms with Gasteiger partial charge in [0, 0.05) is 12.3 Å². The summed E-state index contributed by atoms with van der Waals surface area (Å²) in [4.78, 5) is 13.7. The molecule has 90 valence electrons. The number of nitrogens with zero attached hydrogens (tertiary/aromatic N) is 1. The molecule has 17 heavy (non-hydrogen) atoms. The van der Waals surface area contributed by atoms with Crippen LogP contribution in [0.15, 0.2) is 18.2 Å². The quantitative estimate of drug-likeness (QED) is 0.780. The fourth-order valence-corrected chi connectivity index (χ4v) is 2.70. The van der Waals surface area contributed by atoms with Gasteiger partial charge in [-0.3, -0.25) is 4.79 Å². The van der Waals surface area contributed by atoms with Crippen molar-refractivity contribution in [1.82, 2.24) is 0 Å². The van der Waals surface area contributed by atoms with Crippen LogP contribution in [-0.4, -0.2) is 24.7 Å².